The van der Waals surface area contributed by atoms with Gasteiger partial charge in [0.05, 0.1) is 30.4 Å². The molecule has 4 atom stereocenters. The van der Waals surface area contributed by atoms with E-state index in [1.165, 1.54) is 0 Å². The predicted molar refractivity (Wildman–Crippen MR) is 169 cm³/mol. The van der Waals surface area contributed by atoms with E-state index in [0.29, 0.717) is 44.7 Å². The summed E-state index contributed by atoms with van der Waals surface area (Å²) in [6.07, 6.45) is 2.65. The molecule has 12 nitrogen and oxygen atoms in total. The Morgan fingerprint density at radius 1 is 1.07 bits per heavy atom. The number of ether oxygens (including phenoxy) is 4. The van der Waals surface area contributed by atoms with Gasteiger partial charge < -0.3 is 38.8 Å². The Hall–Kier alpha value is -3.87. The topological polar surface area (TPSA) is 113 Å². The minimum absolute atomic E-state index is 0.140. The van der Waals surface area contributed by atoms with Crippen molar-refractivity contribution in [1.29, 1.82) is 0 Å². The molecule has 240 valence electrons. The zero-order valence-electron chi connectivity index (χ0n) is 26.2. The van der Waals surface area contributed by atoms with Crippen LogP contribution in [0.2, 0.25) is 0 Å². The largest absolute Gasteiger partial charge is 0.467 e. The number of carbonyl (C=O) groups is 1. The standard InChI is InChI=1S/C33H42N6O6/c1-36-11-6-8-22(36)19-44-32-34-27-17-37(28-15-24(45-20-42-2)13-21-7-4-5-9-25(21)28)12-10-26(27)31(35-32)38-16-23-14-30(43-3)29(18-38)39(23)33(40)41/h4-5,7,9,13,15,22-23,29-30H,6,8,10-12,14,16-20H2,1-3H3,(H,40,41)/t22?,23-,29-,30-/m1/s1. The maximum absolute atomic E-state index is 12.2. The number of rotatable bonds is 9. The Bertz CT molecular complexity index is 1560. The Labute approximate surface area is 263 Å². The van der Waals surface area contributed by atoms with Crippen LogP contribution in [0.3, 0.4) is 0 Å². The molecule has 12 heteroatoms. The summed E-state index contributed by atoms with van der Waals surface area (Å²) in [7, 11) is 5.42. The van der Waals surface area contributed by atoms with Crippen molar-refractivity contribution in [3.8, 4) is 11.8 Å². The molecule has 2 aromatic carbocycles. The lowest BCUT2D eigenvalue weighted by Gasteiger charge is -2.42. The van der Waals surface area contributed by atoms with E-state index in [-0.39, 0.29) is 25.0 Å². The van der Waals surface area contributed by atoms with E-state index in [9.17, 15) is 9.90 Å². The number of nitrogens with zero attached hydrogens (tertiary/aromatic N) is 6. The van der Waals surface area contributed by atoms with Crippen LogP contribution in [0.4, 0.5) is 16.3 Å². The molecule has 0 saturated carbocycles. The van der Waals surface area contributed by atoms with E-state index < -0.39 is 6.09 Å². The molecule has 5 heterocycles. The number of fused-ring (bicyclic) bond motifs is 4. The molecule has 1 amide bonds. The summed E-state index contributed by atoms with van der Waals surface area (Å²) in [6, 6.07) is 12.8. The summed E-state index contributed by atoms with van der Waals surface area (Å²) in [5, 5.41) is 12.2. The number of aromatic nitrogens is 2. The highest BCUT2D eigenvalue weighted by Gasteiger charge is 2.49. The van der Waals surface area contributed by atoms with E-state index in [1.54, 1.807) is 19.1 Å². The van der Waals surface area contributed by atoms with Gasteiger partial charge in [-0.2, -0.15) is 9.97 Å². The molecule has 4 aliphatic heterocycles. The lowest BCUT2D eigenvalue weighted by atomic mass is 10.0. The third-order valence-electron chi connectivity index (χ3n) is 9.94. The average Bonchev–Trinajstić information content (AvgIpc) is 3.57. The predicted octanol–water partition coefficient (Wildman–Crippen LogP) is 3.60. The molecule has 3 saturated heterocycles. The number of anilines is 2. The van der Waals surface area contributed by atoms with Gasteiger partial charge in [0, 0.05) is 62.6 Å². The Balaban J connectivity index is 1.23. The number of likely N-dealkylation sites (tertiary alicyclic amines) is 1. The van der Waals surface area contributed by atoms with Crippen LogP contribution in [0.15, 0.2) is 36.4 Å². The molecule has 0 spiro atoms. The van der Waals surface area contributed by atoms with Crippen molar-refractivity contribution in [2.75, 3.05) is 70.6 Å². The van der Waals surface area contributed by atoms with E-state index in [1.807, 2.05) is 12.1 Å². The van der Waals surface area contributed by atoms with Crippen LogP contribution in [-0.2, 0) is 22.4 Å². The van der Waals surface area contributed by atoms with Crippen LogP contribution in [-0.4, -0.2) is 116 Å². The lowest BCUT2D eigenvalue weighted by molar-refractivity contribution is 0.0512. The second kappa shape index (κ2) is 12.5. The van der Waals surface area contributed by atoms with Crippen molar-refractivity contribution >= 4 is 28.4 Å². The lowest BCUT2D eigenvalue weighted by Crippen LogP contribution is -2.57. The molecule has 1 aromatic heterocycles. The molecule has 2 bridgehead atoms. The van der Waals surface area contributed by atoms with Crippen molar-refractivity contribution in [2.45, 2.75) is 56.5 Å². The molecule has 3 fully saturated rings. The average molecular weight is 619 g/mol. The van der Waals surface area contributed by atoms with Gasteiger partial charge in [0.25, 0.3) is 0 Å². The first-order valence-electron chi connectivity index (χ1n) is 15.8. The van der Waals surface area contributed by atoms with Crippen molar-refractivity contribution in [3.63, 3.8) is 0 Å². The highest BCUT2D eigenvalue weighted by atomic mass is 16.7. The molecule has 1 unspecified atom stereocenters. The van der Waals surface area contributed by atoms with Gasteiger partial charge in [-0.25, -0.2) is 4.79 Å². The van der Waals surface area contributed by atoms with Gasteiger partial charge in [0.15, 0.2) is 6.79 Å². The monoisotopic (exact) mass is 618 g/mol. The number of piperazine rings is 1. The van der Waals surface area contributed by atoms with Crippen molar-refractivity contribution in [3.05, 3.63) is 47.7 Å². The van der Waals surface area contributed by atoms with E-state index in [0.717, 1.165) is 71.6 Å². The Kier molecular flexibility index (Phi) is 8.28. The van der Waals surface area contributed by atoms with Crippen LogP contribution < -0.4 is 19.3 Å². The molecular formula is C33H42N6O6. The summed E-state index contributed by atoms with van der Waals surface area (Å²) in [5.74, 6) is 1.61. The first-order valence-corrected chi connectivity index (χ1v) is 15.8. The number of amides is 1. The van der Waals surface area contributed by atoms with Crippen molar-refractivity contribution in [1.82, 2.24) is 19.8 Å². The van der Waals surface area contributed by atoms with E-state index in [2.05, 4.69) is 46.0 Å². The van der Waals surface area contributed by atoms with Crippen molar-refractivity contribution in [2.24, 2.45) is 0 Å². The zero-order chi connectivity index (χ0) is 31.1. The fourth-order valence-electron chi connectivity index (χ4n) is 7.65. The SMILES string of the molecule is COCOc1cc(N2CCc3c(nc(OCC4CCCN4C)nc3N3C[C@H]4C[C@@H](OC)[C@@H](C3)N4C(=O)O)C2)c2ccccc2c1. The van der Waals surface area contributed by atoms with Crippen LogP contribution >= 0.6 is 0 Å². The van der Waals surface area contributed by atoms with Crippen LogP contribution in [0.5, 0.6) is 11.8 Å². The molecule has 1 N–H and O–H groups in total. The Morgan fingerprint density at radius 2 is 1.93 bits per heavy atom. The first-order chi connectivity index (χ1) is 21.9. The third kappa shape index (κ3) is 5.70. The highest BCUT2D eigenvalue weighted by molar-refractivity contribution is 5.95. The van der Waals surface area contributed by atoms with Crippen LogP contribution in [0.1, 0.15) is 30.5 Å². The van der Waals surface area contributed by atoms with Gasteiger partial charge >= 0.3 is 12.1 Å². The summed E-state index contributed by atoms with van der Waals surface area (Å²) < 4.78 is 23.1. The van der Waals surface area contributed by atoms with Gasteiger partial charge in [-0.15, -0.1) is 0 Å². The van der Waals surface area contributed by atoms with Crippen LogP contribution in [0.25, 0.3) is 10.8 Å². The fraction of sp³-hybridized carbons (Fsp3) is 0.545. The van der Waals surface area contributed by atoms with Crippen LogP contribution in [0, 0.1) is 0 Å². The van der Waals surface area contributed by atoms with E-state index >= 15 is 0 Å². The summed E-state index contributed by atoms with van der Waals surface area (Å²) in [4.78, 5) is 30.7. The van der Waals surface area contributed by atoms with E-state index in [4.69, 9.17) is 28.9 Å². The quantitative estimate of drug-likeness (QED) is 0.355. The van der Waals surface area contributed by atoms with Gasteiger partial charge in [-0.3, -0.25) is 4.90 Å². The smallest absolute Gasteiger partial charge is 0.408 e. The normalized spacial score (nSPS) is 24.7. The maximum atomic E-state index is 12.2. The van der Waals surface area contributed by atoms with Gasteiger partial charge in [0.2, 0.25) is 0 Å². The molecule has 0 aliphatic carbocycles. The fourth-order valence-corrected chi connectivity index (χ4v) is 7.65. The molecule has 4 aliphatic rings. The minimum atomic E-state index is -0.891. The van der Waals surface area contributed by atoms with Crippen molar-refractivity contribution < 1.29 is 28.8 Å². The van der Waals surface area contributed by atoms with Gasteiger partial charge in [0.1, 0.15) is 18.2 Å². The maximum Gasteiger partial charge on any atom is 0.408 e. The molecular weight excluding hydrogens is 576 g/mol. The number of hydrogen-bond acceptors (Lipinski definition) is 10. The zero-order valence-corrected chi connectivity index (χ0v) is 26.2. The second-order valence-corrected chi connectivity index (χ2v) is 12.6. The van der Waals surface area contributed by atoms with Gasteiger partial charge in [-0.1, -0.05) is 24.3 Å². The number of likely N-dealkylation sites (N-methyl/N-ethyl adjacent to an activating group) is 1. The Morgan fingerprint density at radius 3 is 2.71 bits per heavy atom. The summed E-state index contributed by atoms with van der Waals surface area (Å²) >= 11 is 0. The number of hydrogen-bond donors (Lipinski definition) is 1. The highest BCUT2D eigenvalue weighted by Crippen LogP contribution is 2.39. The summed E-state index contributed by atoms with van der Waals surface area (Å²) in [5.41, 5.74) is 3.12. The first kappa shape index (κ1) is 29.8. The number of methoxy groups -OCH3 is 2. The second-order valence-electron chi connectivity index (χ2n) is 12.6. The minimum Gasteiger partial charge on any atom is -0.467 e. The number of carboxylic acid groups (broad SMARTS) is 1. The summed E-state index contributed by atoms with van der Waals surface area (Å²) in [6.45, 7) is 4.22. The van der Waals surface area contributed by atoms with Gasteiger partial charge in [-0.05, 0) is 50.7 Å². The third-order valence-corrected chi connectivity index (χ3v) is 9.94. The molecule has 3 aromatic rings. The number of benzene rings is 2. The molecule has 45 heavy (non-hydrogen) atoms. The molecule has 7 rings (SSSR count). The molecule has 0 radical (unpaired) electrons.